The van der Waals surface area contributed by atoms with Crippen LogP contribution >= 0.6 is 0 Å². The maximum Gasteiger partial charge on any atom is 0.238 e. The van der Waals surface area contributed by atoms with Crippen LogP contribution in [-0.4, -0.2) is 71.8 Å². The summed E-state index contributed by atoms with van der Waals surface area (Å²) in [5.41, 5.74) is 4.00. The number of carbonyl (C=O) groups is 2. The van der Waals surface area contributed by atoms with Gasteiger partial charge in [0.05, 0.1) is 13.1 Å². The van der Waals surface area contributed by atoms with Gasteiger partial charge in [-0.05, 0) is 55.5 Å². The van der Waals surface area contributed by atoms with Crippen molar-refractivity contribution < 1.29 is 14.0 Å². The number of benzene rings is 2. The van der Waals surface area contributed by atoms with Gasteiger partial charge in [-0.2, -0.15) is 0 Å². The van der Waals surface area contributed by atoms with Crippen LogP contribution in [0.25, 0.3) is 0 Å². The Hall–Kier alpha value is -2.77. The lowest BCUT2D eigenvalue weighted by Crippen LogP contribution is -2.52. The molecule has 36 heavy (non-hydrogen) atoms. The summed E-state index contributed by atoms with van der Waals surface area (Å²) in [7, 11) is 0. The van der Waals surface area contributed by atoms with Gasteiger partial charge in [0.1, 0.15) is 5.82 Å². The van der Waals surface area contributed by atoms with Gasteiger partial charge in [-0.3, -0.25) is 19.4 Å². The Bertz CT molecular complexity index is 1010. The van der Waals surface area contributed by atoms with Crippen LogP contribution in [0, 0.1) is 19.7 Å². The van der Waals surface area contributed by atoms with Crippen LogP contribution in [0.3, 0.4) is 0 Å². The van der Waals surface area contributed by atoms with Gasteiger partial charge < -0.3 is 10.2 Å². The van der Waals surface area contributed by atoms with Crippen LogP contribution in [0.15, 0.2) is 42.5 Å². The van der Waals surface area contributed by atoms with E-state index in [-0.39, 0.29) is 23.7 Å². The van der Waals surface area contributed by atoms with E-state index in [1.807, 2.05) is 36.9 Å². The van der Waals surface area contributed by atoms with Crippen molar-refractivity contribution in [2.75, 3.05) is 44.6 Å². The van der Waals surface area contributed by atoms with Gasteiger partial charge in [0.2, 0.25) is 11.8 Å². The minimum absolute atomic E-state index is 0.000280. The van der Waals surface area contributed by atoms with E-state index in [2.05, 4.69) is 15.1 Å². The molecule has 2 fully saturated rings. The van der Waals surface area contributed by atoms with E-state index in [1.165, 1.54) is 18.6 Å². The second-order valence-corrected chi connectivity index (χ2v) is 10.3. The number of piperazine rings is 1. The van der Waals surface area contributed by atoms with E-state index in [9.17, 15) is 14.0 Å². The summed E-state index contributed by atoms with van der Waals surface area (Å²) in [5.74, 6) is -0.109. The molecule has 2 aliphatic rings. The second-order valence-electron chi connectivity index (χ2n) is 10.3. The molecule has 1 aliphatic carbocycles. The molecule has 6 nitrogen and oxygen atoms in total. The highest BCUT2D eigenvalue weighted by Gasteiger charge is 2.28. The minimum Gasteiger partial charge on any atom is -0.334 e. The predicted octanol–water partition coefficient (Wildman–Crippen LogP) is 4.36. The van der Waals surface area contributed by atoms with Crippen LogP contribution in [-0.2, 0) is 16.1 Å². The molecular formula is C29H39FN4O2. The SMILES string of the molecule is Cc1cccc(C)c1NC(=O)CN1CCN(CC(=O)N(Cc2ccc(F)cc2)C2CCCCC2)CC1. The highest BCUT2D eigenvalue weighted by molar-refractivity contribution is 5.93. The van der Waals surface area contributed by atoms with Crippen molar-refractivity contribution >= 4 is 17.5 Å². The third-order valence-corrected chi connectivity index (χ3v) is 7.54. The normalized spacial score (nSPS) is 17.6. The zero-order valence-electron chi connectivity index (χ0n) is 21.6. The highest BCUT2D eigenvalue weighted by Crippen LogP contribution is 2.25. The van der Waals surface area contributed by atoms with Crippen LogP contribution < -0.4 is 5.32 Å². The number of aryl methyl sites for hydroxylation is 2. The molecule has 0 radical (unpaired) electrons. The Morgan fingerprint density at radius 1 is 0.889 bits per heavy atom. The molecule has 2 aromatic rings. The Morgan fingerprint density at radius 3 is 2.08 bits per heavy atom. The zero-order chi connectivity index (χ0) is 25.5. The predicted molar refractivity (Wildman–Crippen MR) is 141 cm³/mol. The number of para-hydroxylation sites is 1. The number of nitrogens with zero attached hydrogens (tertiary/aromatic N) is 3. The van der Waals surface area contributed by atoms with Crippen LogP contribution in [0.5, 0.6) is 0 Å². The first-order valence-corrected chi connectivity index (χ1v) is 13.2. The first-order chi connectivity index (χ1) is 17.4. The molecule has 2 aromatic carbocycles. The third-order valence-electron chi connectivity index (χ3n) is 7.54. The molecule has 0 unspecified atom stereocenters. The average Bonchev–Trinajstić information content (AvgIpc) is 2.87. The quantitative estimate of drug-likeness (QED) is 0.593. The molecule has 1 saturated carbocycles. The van der Waals surface area contributed by atoms with Crippen molar-refractivity contribution in [2.24, 2.45) is 0 Å². The number of halogens is 1. The van der Waals surface area contributed by atoms with E-state index in [1.54, 1.807) is 12.1 Å². The lowest BCUT2D eigenvalue weighted by atomic mass is 9.93. The Morgan fingerprint density at radius 2 is 1.47 bits per heavy atom. The van der Waals surface area contributed by atoms with Crippen LogP contribution in [0.4, 0.5) is 10.1 Å². The number of nitrogens with one attached hydrogen (secondary N) is 1. The fraction of sp³-hybridized carbons (Fsp3) is 0.517. The van der Waals surface area contributed by atoms with E-state index in [4.69, 9.17) is 0 Å². The van der Waals surface area contributed by atoms with Crippen molar-refractivity contribution in [1.82, 2.24) is 14.7 Å². The molecule has 2 amide bonds. The van der Waals surface area contributed by atoms with Gasteiger partial charge >= 0.3 is 0 Å². The fourth-order valence-corrected chi connectivity index (χ4v) is 5.38. The molecule has 1 saturated heterocycles. The lowest BCUT2D eigenvalue weighted by Gasteiger charge is -2.38. The third kappa shape index (κ3) is 7.14. The van der Waals surface area contributed by atoms with Gasteiger partial charge in [0.25, 0.3) is 0 Å². The maximum absolute atomic E-state index is 13.4. The molecule has 1 heterocycles. The Labute approximate surface area is 214 Å². The smallest absolute Gasteiger partial charge is 0.238 e. The molecule has 7 heteroatoms. The van der Waals surface area contributed by atoms with Crippen molar-refractivity contribution in [3.05, 3.63) is 65.0 Å². The summed E-state index contributed by atoms with van der Waals surface area (Å²) in [4.78, 5) is 32.5. The largest absolute Gasteiger partial charge is 0.334 e. The molecule has 0 atom stereocenters. The first kappa shape index (κ1) is 26.3. The summed E-state index contributed by atoms with van der Waals surface area (Å²) in [6, 6.07) is 12.8. The molecule has 0 bridgehead atoms. The van der Waals surface area contributed by atoms with Gasteiger partial charge in [-0.25, -0.2) is 4.39 Å². The van der Waals surface area contributed by atoms with E-state index in [0.29, 0.717) is 19.6 Å². The Balaban J connectivity index is 1.29. The zero-order valence-corrected chi connectivity index (χ0v) is 21.6. The summed E-state index contributed by atoms with van der Waals surface area (Å²) >= 11 is 0. The van der Waals surface area contributed by atoms with E-state index in [0.717, 1.165) is 74.2 Å². The molecule has 1 aliphatic heterocycles. The fourth-order valence-electron chi connectivity index (χ4n) is 5.38. The van der Waals surface area contributed by atoms with Gasteiger partial charge in [0.15, 0.2) is 0 Å². The van der Waals surface area contributed by atoms with Gasteiger partial charge in [-0.1, -0.05) is 49.6 Å². The summed E-state index contributed by atoms with van der Waals surface area (Å²) in [6.45, 7) is 8.32. The molecule has 0 aromatic heterocycles. The maximum atomic E-state index is 13.4. The van der Waals surface area contributed by atoms with Crippen molar-refractivity contribution in [3.8, 4) is 0 Å². The number of carbonyl (C=O) groups excluding carboxylic acids is 2. The Kier molecular flexibility index (Phi) is 9.10. The number of amides is 2. The molecule has 0 spiro atoms. The van der Waals surface area contributed by atoms with E-state index < -0.39 is 0 Å². The monoisotopic (exact) mass is 494 g/mol. The topological polar surface area (TPSA) is 55.9 Å². The number of anilines is 1. The van der Waals surface area contributed by atoms with Gasteiger partial charge in [-0.15, -0.1) is 0 Å². The summed E-state index contributed by atoms with van der Waals surface area (Å²) in [5, 5.41) is 3.07. The molecular weight excluding hydrogens is 455 g/mol. The second kappa shape index (κ2) is 12.5. The van der Waals surface area contributed by atoms with E-state index >= 15 is 0 Å². The van der Waals surface area contributed by atoms with Crippen molar-refractivity contribution in [2.45, 2.75) is 58.5 Å². The molecule has 4 rings (SSSR count). The minimum atomic E-state index is -0.255. The standard InChI is InChI=1S/C29H39FN4O2/c1-22-7-6-8-23(2)29(22)31-27(35)20-32-15-17-33(18-16-32)21-28(36)34(26-9-4-3-5-10-26)19-24-11-13-25(30)14-12-24/h6-8,11-14,26H,3-5,9-10,15-21H2,1-2H3,(H,31,35). The summed E-state index contributed by atoms with van der Waals surface area (Å²) < 4.78 is 13.4. The van der Waals surface area contributed by atoms with Crippen LogP contribution in [0.2, 0.25) is 0 Å². The van der Waals surface area contributed by atoms with Gasteiger partial charge in [0, 0.05) is 44.5 Å². The highest BCUT2D eigenvalue weighted by atomic mass is 19.1. The number of rotatable bonds is 8. The van der Waals surface area contributed by atoms with Crippen LogP contribution in [0.1, 0.15) is 48.8 Å². The first-order valence-electron chi connectivity index (χ1n) is 13.2. The number of hydrogen-bond donors (Lipinski definition) is 1. The number of hydrogen-bond acceptors (Lipinski definition) is 4. The molecule has 194 valence electrons. The average molecular weight is 495 g/mol. The van der Waals surface area contributed by atoms with Crippen molar-refractivity contribution in [1.29, 1.82) is 0 Å². The lowest BCUT2D eigenvalue weighted by molar-refractivity contribution is -0.136. The summed E-state index contributed by atoms with van der Waals surface area (Å²) in [6.07, 6.45) is 5.61. The van der Waals surface area contributed by atoms with Crippen molar-refractivity contribution in [3.63, 3.8) is 0 Å². The molecule has 1 N–H and O–H groups in total.